The molecular formula is C69H66F12O3. The minimum Gasteiger partial charge on any atom is -0.403 e. The molecule has 0 amide bonds. The van der Waals surface area contributed by atoms with E-state index in [4.69, 9.17) is 0 Å². The summed E-state index contributed by atoms with van der Waals surface area (Å²) in [6, 6.07) is 46.5. The number of halogens is 12. The van der Waals surface area contributed by atoms with Crippen molar-refractivity contribution in [1.82, 2.24) is 0 Å². The predicted octanol–water partition coefficient (Wildman–Crippen LogP) is 23.0. The Bertz CT molecular complexity index is 3590. The van der Waals surface area contributed by atoms with Crippen LogP contribution < -0.4 is 14.2 Å². The van der Waals surface area contributed by atoms with Crippen LogP contribution in [0.4, 0.5) is 52.7 Å². The third-order valence-electron chi connectivity index (χ3n) is 14.1. The first-order valence-electron chi connectivity index (χ1n) is 28.3. The van der Waals surface area contributed by atoms with E-state index in [1.54, 1.807) is 0 Å². The molecule has 0 aliphatic carbocycles. The molecule has 0 aliphatic heterocycles. The first-order valence-corrected chi connectivity index (χ1v) is 28.3. The Morgan fingerprint density at radius 3 is 0.774 bits per heavy atom. The van der Waals surface area contributed by atoms with Gasteiger partial charge in [-0.25, -0.2) is 13.2 Å². The normalized spacial score (nSPS) is 11.8. The highest BCUT2D eigenvalue weighted by molar-refractivity contribution is 5.90. The average molecular weight is 1170 g/mol. The quantitative estimate of drug-likeness (QED) is 0.0530. The van der Waals surface area contributed by atoms with Gasteiger partial charge in [0, 0.05) is 0 Å². The number of unbranched alkanes of at least 4 members (excludes halogenated alkanes) is 9. The van der Waals surface area contributed by atoms with Crippen molar-refractivity contribution in [2.24, 2.45) is 0 Å². The number of benzene rings is 9. The van der Waals surface area contributed by atoms with Crippen molar-refractivity contribution in [2.45, 2.75) is 136 Å². The van der Waals surface area contributed by atoms with E-state index < -0.39 is 53.8 Å². The molecule has 0 unspecified atom stereocenters. The van der Waals surface area contributed by atoms with Crippen molar-refractivity contribution in [3.63, 3.8) is 0 Å². The van der Waals surface area contributed by atoms with Crippen LogP contribution in [-0.4, -0.2) is 19.1 Å². The van der Waals surface area contributed by atoms with Gasteiger partial charge in [0.15, 0.2) is 34.7 Å². The van der Waals surface area contributed by atoms with Gasteiger partial charge < -0.3 is 14.2 Å². The summed E-state index contributed by atoms with van der Waals surface area (Å²) >= 11 is 0. The molecule has 0 saturated carbocycles. The van der Waals surface area contributed by atoms with E-state index in [2.05, 4.69) is 71.4 Å². The Balaban J connectivity index is 0.000000181. The van der Waals surface area contributed by atoms with Gasteiger partial charge in [0.2, 0.25) is 0 Å². The van der Waals surface area contributed by atoms with Crippen LogP contribution in [0.25, 0.3) is 65.7 Å². The lowest BCUT2D eigenvalue weighted by molar-refractivity contribution is -0.276. The second-order valence-electron chi connectivity index (χ2n) is 20.7. The van der Waals surface area contributed by atoms with Crippen LogP contribution in [0.1, 0.15) is 115 Å². The summed E-state index contributed by atoms with van der Waals surface area (Å²) in [5, 5.41) is 6.29. The molecule has 3 nitrogen and oxygen atoms in total. The zero-order valence-corrected chi connectivity index (χ0v) is 47.0. The summed E-state index contributed by atoms with van der Waals surface area (Å²) in [6.45, 7) is 6.57. The summed E-state index contributed by atoms with van der Waals surface area (Å²) in [4.78, 5) is 0. The third-order valence-corrected chi connectivity index (χ3v) is 14.1. The van der Waals surface area contributed by atoms with E-state index in [1.807, 2.05) is 72.8 Å². The van der Waals surface area contributed by atoms with Crippen molar-refractivity contribution in [3.05, 3.63) is 198 Å². The maximum atomic E-state index is 14.0. The van der Waals surface area contributed by atoms with Gasteiger partial charge in [-0.15, -0.1) is 39.5 Å². The molecule has 0 saturated heterocycles. The molecule has 9 aromatic rings. The SMILES string of the molecule is CCCCCCCc1ccc2cc(-c3ccc(OC(F)(F)F)c(F)c3)ccc2c1.CCCCCCc1ccc2cc(-c3ccc(OC(F)(F)F)c(F)c3)ccc2c1.CCCCCc1ccc2cc(-c3ccc(OC(F)(F)F)c(F)c3)ccc2c1. The fourth-order valence-corrected chi connectivity index (χ4v) is 9.82. The smallest absolute Gasteiger partial charge is 0.403 e. The van der Waals surface area contributed by atoms with Crippen molar-refractivity contribution < 1.29 is 66.9 Å². The minimum atomic E-state index is -4.92. The van der Waals surface area contributed by atoms with Crippen LogP contribution in [0.3, 0.4) is 0 Å². The highest BCUT2D eigenvalue weighted by Gasteiger charge is 2.34. The van der Waals surface area contributed by atoms with Crippen LogP contribution in [0.2, 0.25) is 0 Å². The molecule has 84 heavy (non-hydrogen) atoms. The van der Waals surface area contributed by atoms with Gasteiger partial charge in [-0.1, -0.05) is 188 Å². The molecule has 0 aliphatic rings. The Labute approximate surface area is 482 Å². The number of aryl methyl sites for hydroxylation is 3. The van der Waals surface area contributed by atoms with Crippen LogP contribution >= 0.6 is 0 Å². The largest absolute Gasteiger partial charge is 0.573 e. The van der Waals surface area contributed by atoms with Crippen LogP contribution in [0.5, 0.6) is 17.2 Å². The zero-order valence-electron chi connectivity index (χ0n) is 47.0. The maximum absolute atomic E-state index is 14.0. The van der Waals surface area contributed by atoms with E-state index in [0.717, 1.165) is 111 Å². The zero-order chi connectivity index (χ0) is 60.4. The highest BCUT2D eigenvalue weighted by Crippen LogP contribution is 2.35. The average Bonchev–Trinajstić information content (AvgIpc) is 3.04. The monoisotopic (exact) mass is 1170 g/mol. The predicted molar refractivity (Wildman–Crippen MR) is 312 cm³/mol. The summed E-state index contributed by atoms with van der Waals surface area (Å²) in [7, 11) is 0. The number of alkyl halides is 9. The molecule has 0 atom stereocenters. The lowest BCUT2D eigenvalue weighted by Crippen LogP contribution is -2.17. The number of ether oxygens (including phenoxy) is 3. The molecule has 444 valence electrons. The molecule has 9 rings (SSSR count). The summed E-state index contributed by atoms with van der Waals surface area (Å²) in [5.74, 6) is -5.62. The molecule has 9 aromatic carbocycles. The van der Waals surface area contributed by atoms with E-state index >= 15 is 0 Å². The van der Waals surface area contributed by atoms with Crippen molar-refractivity contribution in [1.29, 1.82) is 0 Å². The van der Waals surface area contributed by atoms with E-state index in [1.165, 1.54) is 106 Å². The lowest BCUT2D eigenvalue weighted by Gasteiger charge is -2.11. The molecule has 0 fully saturated rings. The van der Waals surface area contributed by atoms with Crippen molar-refractivity contribution >= 4 is 32.3 Å². The van der Waals surface area contributed by atoms with Gasteiger partial charge >= 0.3 is 19.1 Å². The van der Waals surface area contributed by atoms with E-state index in [-0.39, 0.29) is 0 Å². The second kappa shape index (κ2) is 29.7. The van der Waals surface area contributed by atoms with Gasteiger partial charge in [-0.3, -0.25) is 0 Å². The van der Waals surface area contributed by atoms with Crippen molar-refractivity contribution in [3.8, 4) is 50.6 Å². The van der Waals surface area contributed by atoms with Crippen LogP contribution in [-0.2, 0) is 19.3 Å². The van der Waals surface area contributed by atoms with E-state index in [0.29, 0.717) is 16.7 Å². The van der Waals surface area contributed by atoms with Gasteiger partial charge in [0.1, 0.15) is 0 Å². The van der Waals surface area contributed by atoms with Gasteiger partial charge in [-0.2, -0.15) is 0 Å². The molecule has 15 heteroatoms. The summed E-state index contributed by atoms with van der Waals surface area (Å²) in [5.41, 5.74) is 7.56. The number of hydrogen-bond donors (Lipinski definition) is 0. The van der Waals surface area contributed by atoms with Gasteiger partial charge in [0.05, 0.1) is 0 Å². The molecule has 0 N–H and O–H groups in total. The Morgan fingerprint density at radius 1 is 0.262 bits per heavy atom. The number of rotatable bonds is 21. The first-order chi connectivity index (χ1) is 40.1. The molecular weight excluding hydrogens is 1100 g/mol. The van der Waals surface area contributed by atoms with Crippen LogP contribution in [0, 0.1) is 17.5 Å². The Kier molecular flexibility index (Phi) is 22.6. The summed E-state index contributed by atoms with van der Waals surface area (Å²) in [6.07, 6.45) is 3.00. The van der Waals surface area contributed by atoms with Gasteiger partial charge in [0.25, 0.3) is 0 Å². The van der Waals surface area contributed by atoms with E-state index in [9.17, 15) is 52.7 Å². The molecule has 0 spiro atoms. The Hall–Kier alpha value is -7.68. The molecule has 0 aromatic heterocycles. The highest BCUT2D eigenvalue weighted by atomic mass is 19.4. The van der Waals surface area contributed by atoms with Crippen molar-refractivity contribution in [2.75, 3.05) is 0 Å². The standard InChI is InChI=1S/C24H24F4O.C23H22F4O.C22H20F4O/c1-2-3-4-5-6-7-17-8-9-19-15-20(11-10-18(19)14-17)21-12-13-23(22(25)16-21)29-24(26,27)28;1-2-3-4-5-6-16-7-8-18-14-19(10-9-17(18)13-16)20-11-12-22(21(24)15-20)28-23(25,26)27;1-2-3-4-5-15-6-7-17-13-18(9-8-16(17)12-15)19-10-11-21(20(23)14-19)27-22(24,25)26/h8-16H,2-7H2,1H3;7-15H,2-6H2,1H3;6-14H,2-5H2,1H3. The Morgan fingerprint density at radius 2 is 0.488 bits per heavy atom. The lowest BCUT2D eigenvalue weighted by atomic mass is 9.98. The number of hydrogen-bond acceptors (Lipinski definition) is 3. The maximum Gasteiger partial charge on any atom is 0.573 e. The fourth-order valence-electron chi connectivity index (χ4n) is 9.82. The van der Waals surface area contributed by atoms with Crippen LogP contribution in [0.15, 0.2) is 164 Å². The molecule has 0 radical (unpaired) electrons. The second-order valence-corrected chi connectivity index (χ2v) is 20.7. The first kappa shape index (κ1) is 63.9. The minimum absolute atomic E-state index is 0.496. The topological polar surface area (TPSA) is 27.7 Å². The number of fused-ring (bicyclic) bond motifs is 3. The molecule has 0 heterocycles. The fraction of sp³-hybridized carbons (Fsp3) is 0.304. The molecule has 0 bridgehead atoms. The van der Waals surface area contributed by atoms with Gasteiger partial charge in [-0.05, 0) is 176 Å². The summed E-state index contributed by atoms with van der Waals surface area (Å²) < 4.78 is 163. The third kappa shape index (κ3) is 19.7.